The summed E-state index contributed by atoms with van der Waals surface area (Å²) in [5.41, 5.74) is 5.08. The van der Waals surface area contributed by atoms with Gasteiger partial charge < -0.3 is 15.4 Å². The first-order valence-corrected chi connectivity index (χ1v) is 8.36. The highest BCUT2D eigenvalue weighted by atomic mass is 35.5. The van der Waals surface area contributed by atoms with Crippen LogP contribution in [0.4, 0.5) is 20.7 Å². The molecule has 1 fully saturated rings. The fourth-order valence-electron chi connectivity index (χ4n) is 3.58. The quantitative estimate of drug-likeness (QED) is 0.704. The number of nitrogens with two attached hydrogens (primary N) is 1. The molecular weight excluding hydrogens is 365 g/mol. The van der Waals surface area contributed by atoms with Crippen LogP contribution < -0.4 is 11.1 Å². The number of nitrogens with zero attached hydrogens (tertiary/aromatic N) is 2. The number of ether oxygens (including phenoxy) is 1. The molecule has 2 aliphatic rings. The third-order valence-corrected chi connectivity index (χ3v) is 5.01. The van der Waals surface area contributed by atoms with Crippen molar-refractivity contribution < 1.29 is 18.7 Å². The van der Waals surface area contributed by atoms with Crippen LogP contribution >= 0.6 is 11.6 Å². The molecule has 26 heavy (non-hydrogen) atoms. The van der Waals surface area contributed by atoms with E-state index < -0.39 is 17.5 Å². The van der Waals surface area contributed by atoms with E-state index >= 15 is 0 Å². The second kappa shape index (κ2) is 5.87. The molecule has 0 unspecified atom stereocenters. The van der Waals surface area contributed by atoms with E-state index in [0.29, 0.717) is 25.1 Å². The Balaban J connectivity index is 1.75. The Morgan fingerprint density at radius 2 is 2.27 bits per heavy atom. The Morgan fingerprint density at radius 3 is 3.00 bits per heavy atom. The molecule has 0 aliphatic carbocycles. The maximum Gasteiger partial charge on any atom is 0.412 e. The van der Waals surface area contributed by atoms with Gasteiger partial charge in [0.1, 0.15) is 11.4 Å². The Kier molecular flexibility index (Phi) is 3.76. The third kappa shape index (κ3) is 2.47. The average molecular weight is 380 g/mol. The summed E-state index contributed by atoms with van der Waals surface area (Å²) in [7, 11) is 0. The standard InChI is InChI=1S/C16H15ClFN5O3/c17-9-2-3-10-11(12(9)18)16(26-15(25)21-10)4-1-5-23(7-16)14(24)8-6-20-22-13(8)19/h2-3,6H,1,4-5,7H2,(H,21,25)(H3,19,20,22)/t16-/m0/s1. The summed E-state index contributed by atoms with van der Waals surface area (Å²) in [6, 6.07) is 2.89. The van der Waals surface area contributed by atoms with Crippen LogP contribution in [0.1, 0.15) is 28.8 Å². The first-order chi connectivity index (χ1) is 12.4. The van der Waals surface area contributed by atoms with Crippen molar-refractivity contribution in [2.45, 2.75) is 18.4 Å². The van der Waals surface area contributed by atoms with E-state index in [4.69, 9.17) is 22.1 Å². The number of H-pyrrole nitrogens is 1. The number of hydrogen-bond acceptors (Lipinski definition) is 5. The molecule has 1 saturated heterocycles. The van der Waals surface area contributed by atoms with E-state index in [1.165, 1.54) is 23.2 Å². The second-order valence-corrected chi connectivity index (χ2v) is 6.73. The van der Waals surface area contributed by atoms with Gasteiger partial charge in [-0.05, 0) is 25.0 Å². The Hall–Kier alpha value is -2.81. The molecule has 10 heteroatoms. The number of carbonyl (C=O) groups is 2. The highest BCUT2D eigenvalue weighted by Gasteiger charge is 2.48. The molecule has 2 aromatic rings. The molecule has 8 nitrogen and oxygen atoms in total. The predicted octanol–water partition coefficient (Wildman–Crippen LogP) is 2.48. The van der Waals surface area contributed by atoms with Crippen LogP contribution in [-0.4, -0.2) is 40.2 Å². The van der Waals surface area contributed by atoms with Crippen LogP contribution in [0, 0.1) is 5.82 Å². The van der Waals surface area contributed by atoms with E-state index in [9.17, 15) is 14.0 Å². The van der Waals surface area contributed by atoms with Gasteiger partial charge in [0.15, 0.2) is 11.4 Å². The molecule has 0 radical (unpaired) electrons. The van der Waals surface area contributed by atoms with E-state index in [0.717, 1.165) is 0 Å². The number of nitrogen functional groups attached to an aromatic ring is 1. The van der Waals surface area contributed by atoms with Gasteiger partial charge >= 0.3 is 6.09 Å². The van der Waals surface area contributed by atoms with Gasteiger partial charge in [0.2, 0.25) is 0 Å². The van der Waals surface area contributed by atoms with Gasteiger partial charge in [-0.1, -0.05) is 11.6 Å². The van der Waals surface area contributed by atoms with E-state index in [2.05, 4.69) is 15.5 Å². The maximum atomic E-state index is 14.8. The number of fused-ring (bicyclic) bond motifs is 2. The fraction of sp³-hybridized carbons (Fsp3) is 0.312. The summed E-state index contributed by atoms with van der Waals surface area (Å²) in [5, 5.41) is 8.66. The van der Waals surface area contributed by atoms with Crippen molar-refractivity contribution in [3.05, 3.63) is 40.3 Å². The van der Waals surface area contributed by atoms with Gasteiger partial charge in [-0.2, -0.15) is 5.10 Å². The first-order valence-electron chi connectivity index (χ1n) is 7.98. The number of rotatable bonds is 1. The number of nitrogens with one attached hydrogen (secondary N) is 2. The van der Waals surface area contributed by atoms with Crippen LogP contribution in [0.15, 0.2) is 18.3 Å². The zero-order valence-electron chi connectivity index (χ0n) is 13.5. The lowest BCUT2D eigenvalue weighted by Gasteiger charge is -2.45. The average Bonchev–Trinajstić information content (AvgIpc) is 3.03. The molecule has 3 heterocycles. The molecule has 2 aliphatic heterocycles. The number of amides is 2. The van der Waals surface area contributed by atoms with Crippen LogP contribution in [0.5, 0.6) is 0 Å². The number of aromatic nitrogens is 2. The maximum absolute atomic E-state index is 14.8. The van der Waals surface area contributed by atoms with E-state index in [1.807, 2.05) is 0 Å². The second-order valence-electron chi connectivity index (χ2n) is 6.32. The van der Waals surface area contributed by atoms with Crippen molar-refractivity contribution in [2.24, 2.45) is 0 Å². The lowest BCUT2D eigenvalue weighted by molar-refractivity contribution is -0.0418. The van der Waals surface area contributed by atoms with Gasteiger partial charge in [0.05, 0.1) is 29.0 Å². The van der Waals surface area contributed by atoms with E-state index in [1.54, 1.807) is 0 Å². The number of benzene rings is 1. The van der Waals surface area contributed by atoms with Crippen molar-refractivity contribution in [1.29, 1.82) is 0 Å². The largest absolute Gasteiger partial charge is 0.436 e. The van der Waals surface area contributed by atoms with Gasteiger partial charge in [-0.15, -0.1) is 0 Å². The molecule has 0 saturated carbocycles. The number of halogens is 2. The molecule has 4 N–H and O–H groups in total. The normalized spacial score (nSPS) is 21.9. The summed E-state index contributed by atoms with van der Waals surface area (Å²) in [6.07, 6.45) is 1.52. The topological polar surface area (TPSA) is 113 Å². The molecule has 1 aromatic carbocycles. The third-order valence-electron chi connectivity index (χ3n) is 4.72. The summed E-state index contributed by atoms with van der Waals surface area (Å²) >= 11 is 5.93. The van der Waals surface area contributed by atoms with Crippen molar-refractivity contribution in [3.63, 3.8) is 0 Å². The Morgan fingerprint density at radius 1 is 1.46 bits per heavy atom. The minimum Gasteiger partial charge on any atom is -0.436 e. The van der Waals surface area contributed by atoms with E-state index in [-0.39, 0.29) is 34.4 Å². The lowest BCUT2D eigenvalue weighted by atomic mass is 9.83. The highest BCUT2D eigenvalue weighted by Crippen LogP contribution is 2.45. The number of likely N-dealkylation sites (tertiary alicyclic amines) is 1. The molecule has 1 aromatic heterocycles. The lowest BCUT2D eigenvalue weighted by Crippen LogP contribution is -2.53. The van der Waals surface area contributed by atoms with Crippen molar-refractivity contribution in [1.82, 2.24) is 15.1 Å². The van der Waals surface area contributed by atoms with Crippen LogP contribution in [0.2, 0.25) is 5.02 Å². The zero-order valence-corrected chi connectivity index (χ0v) is 14.3. The fourth-order valence-corrected chi connectivity index (χ4v) is 3.74. The van der Waals surface area contributed by atoms with Crippen LogP contribution in [0.25, 0.3) is 0 Å². The molecule has 4 rings (SSSR count). The monoisotopic (exact) mass is 379 g/mol. The SMILES string of the molecule is Nc1[nH]ncc1C(=O)N1CCC[C@@]2(C1)OC(=O)Nc1ccc(Cl)c(F)c12. The summed E-state index contributed by atoms with van der Waals surface area (Å²) < 4.78 is 20.3. The Bertz CT molecular complexity index is 917. The van der Waals surface area contributed by atoms with Gasteiger partial charge in [0.25, 0.3) is 5.91 Å². The first kappa shape index (κ1) is 16.6. The number of carbonyl (C=O) groups excluding carboxylic acids is 2. The highest BCUT2D eigenvalue weighted by molar-refractivity contribution is 6.31. The van der Waals surface area contributed by atoms with Crippen molar-refractivity contribution in [2.75, 3.05) is 24.1 Å². The predicted molar refractivity (Wildman–Crippen MR) is 91.3 cm³/mol. The van der Waals surface area contributed by atoms with Crippen molar-refractivity contribution >= 4 is 35.1 Å². The number of piperidine rings is 1. The molecule has 1 atom stereocenters. The molecule has 0 bridgehead atoms. The summed E-state index contributed by atoms with van der Waals surface area (Å²) in [6.45, 7) is 0.418. The van der Waals surface area contributed by atoms with Crippen LogP contribution in [0.3, 0.4) is 0 Å². The minimum absolute atomic E-state index is 0.00582. The van der Waals surface area contributed by atoms with Crippen molar-refractivity contribution in [3.8, 4) is 0 Å². The van der Waals surface area contributed by atoms with Gasteiger partial charge in [-0.3, -0.25) is 15.2 Å². The van der Waals surface area contributed by atoms with Gasteiger partial charge in [0, 0.05) is 6.54 Å². The summed E-state index contributed by atoms with van der Waals surface area (Å²) in [5.74, 6) is -0.887. The minimum atomic E-state index is -1.31. The molecule has 2 amide bonds. The number of aromatic amines is 1. The zero-order chi connectivity index (χ0) is 18.5. The Labute approximate surface area is 152 Å². The molecule has 136 valence electrons. The number of anilines is 2. The van der Waals surface area contributed by atoms with Crippen LogP contribution in [-0.2, 0) is 10.3 Å². The molecular formula is C16H15ClFN5O3. The smallest absolute Gasteiger partial charge is 0.412 e. The number of hydrogen-bond donors (Lipinski definition) is 3. The van der Waals surface area contributed by atoms with Gasteiger partial charge in [-0.25, -0.2) is 9.18 Å². The summed E-state index contributed by atoms with van der Waals surface area (Å²) in [4.78, 5) is 26.3. The molecule has 1 spiro atoms.